The molecule has 1 aromatic heterocycles. The molecule has 3 aromatic rings. The van der Waals surface area contributed by atoms with Gasteiger partial charge in [-0.2, -0.15) is 4.57 Å². The van der Waals surface area contributed by atoms with Gasteiger partial charge in [-0.1, -0.05) is 42.1 Å². The number of nitrogens with zero attached hydrogens (tertiary/aromatic N) is 4. The smallest absolute Gasteiger partial charge is 0.304 e. The highest BCUT2D eigenvalue weighted by Crippen LogP contribution is 2.45. The lowest BCUT2D eigenvalue weighted by Crippen LogP contribution is -2.41. The molecular formula is C26H32N4S+2. The average Bonchev–Trinajstić information content (AvgIpc) is 3.03. The summed E-state index contributed by atoms with van der Waals surface area (Å²) < 4.78 is 3.27. The molecule has 1 aliphatic heterocycles. The first-order valence-corrected chi connectivity index (χ1v) is 11.6. The number of para-hydroxylation sites is 2. The van der Waals surface area contributed by atoms with Crippen molar-refractivity contribution in [3.8, 4) is 5.69 Å². The SMILES string of the molecule is Cc1cc(/C=C2\Sc3ccccc3N2C)nc(CCC[N+](C)(C)C)[n+]1-c1ccccc1. The second-order valence-electron chi connectivity index (χ2n) is 9.14. The van der Waals surface area contributed by atoms with E-state index in [0.717, 1.165) is 35.4 Å². The molecule has 0 fully saturated rings. The number of hydrogen-bond donors (Lipinski definition) is 0. The van der Waals surface area contributed by atoms with Crippen LogP contribution in [-0.4, -0.2) is 44.2 Å². The van der Waals surface area contributed by atoms with Crippen LogP contribution in [0.15, 0.2) is 70.6 Å². The Morgan fingerprint density at radius 1 is 1.03 bits per heavy atom. The van der Waals surface area contributed by atoms with Gasteiger partial charge in [-0.05, 0) is 36.2 Å². The number of hydrogen-bond acceptors (Lipinski definition) is 3. The Morgan fingerprint density at radius 3 is 2.45 bits per heavy atom. The Hall–Kier alpha value is -2.63. The Balaban J connectivity index is 1.70. The molecule has 0 unspecified atom stereocenters. The molecule has 0 bridgehead atoms. The summed E-state index contributed by atoms with van der Waals surface area (Å²) in [5, 5.41) is 1.21. The molecule has 0 amide bonds. The monoisotopic (exact) mass is 432 g/mol. The second-order valence-corrected chi connectivity index (χ2v) is 10.2. The third kappa shape index (κ3) is 5.00. The van der Waals surface area contributed by atoms with E-state index in [-0.39, 0.29) is 0 Å². The fourth-order valence-corrected chi connectivity index (χ4v) is 5.07. The molecule has 4 nitrogen and oxygen atoms in total. The lowest BCUT2D eigenvalue weighted by atomic mass is 10.2. The molecule has 0 aliphatic carbocycles. The fraction of sp³-hybridized carbons (Fsp3) is 0.308. The molecule has 5 heteroatoms. The molecule has 0 N–H and O–H groups in total. The Kier molecular flexibility index (Phi) is 6.17. The molecule has 2 heterocycles. The summed E-state index contributed by atoms with van der Waals surface area (Å²) in [6, 6.07) is 21.3. The summed E-state index contributed by atoms with van der Waals surface area (Å²) in [7, 11) is 8.87. The Bertz CT molecular complexity index is 1100. The predicted molar refractivity (Wildman–Crippen MR) is 130 cm³/mol. The highest BCUT2D eigenvalue weighted by atomic mass is 32.2. The van der Waals surface area contributed by atoms with Crippen LogP contribution in [0.2, 0.25) is 0 Å². The minimum atomic E-state index is 0.950. The van der Waals surface area contributed by atoms with Crippen molar-refractivity contribution in [1.82, 2.24) is 4.98 Å². The molecule has 160 valence electrons. The number of anilines is 1. The van der Waals surface area contributed by atoms with Gasteiger partial charge >= 0.3 is 5.82 Å². The van der Waals surface area contributed by atoms with Crippen molar-refractivity contribution in [2.24, 2.45) is 0 Å². The number of quaternary nitrogens is 1. The molecule has 0 saturated carbocycles. The number of aromatic nitrogens is 2. The first-order valence-electron chi connectivity index (χ1n) is 10.8. The first-order chi connectivity index (χ1) is 14.8. The number of rotatable bonds is 6. The molecule has 0 atom stereocenters. The van der Waals surface area contributed by atoms with Gasteiger partial charge in [0.2, 0.25) is 0 Å². The highest BCUT2D eigenvalue weighted by Gasteiger charge is 2.24. The van der Waals surface area contributed by atoms with Gasteiger partial charge in [0, 0.05) is 30.5 Å². The second kappa shape index (κ2) is 8.85. The fourth-order valence-electron chi connectivity index (χ4n) is 3.97. The molecule has 0 radical (unpaired) electrons. The van der Waals surface area contributed by atoms with E-state index in [1.165, 1.54) is 27.0 Å². The van der Waals surface area contributed by atoms with Gasteiger partial charge in [-0.25, -0.2) is 0 Å². The van der Waals surface area contributed by atoms with Gasteiger partial charge in [0.15, 0.2) is 5.69 Å². The lowest BCUT2D eigenvalue weighted by Gasteiger charge is -2.23. The zero-order chi connectivity index (χ0) is 22.0. The summed E-state index contributed by atoms with van der Waals surface area (Å²) in [6.07, 6.45) is 4.27. The molecule has 1 aliphatic rings. The van der Waals surface area contributed by atoms with E-state index < -0.39 is 0 Å². The van der Waals surface area contributed by atoms with E-state index in [0.29, 0.717) is 0 Å². The zero-order valence-corrected chi connectivity index (χ0v) is 20.0. The molecule has 4 rings (SSSR count). The maximum atomic E-state index is 5.13. The first kappa shape index (κ1) is 21.6. The van der Waals surface area contributed by atoms with Crippen LogP contribution in [0.1, 0.15) is 23.6 Å². The maximum absolute atomic E-state index is 5.13. The summed E-state index contributed by atoms with van der Waals surface area (Å²) >= 11 is 1.81. The van der Waals surface area contributed by atoms with Crippen LogP contribution in [0.25, 0.3) is 11.8 Å². The van der Waals surface area contributed by atoms with Crippen LogP contribution < -0.4 is 9.47 Å². The van der Waals surface area contributed by atoms with Crippen LogP contribution in [0.5, 0.6) is 0 Å². The quantitative estimate of drug-likeness (QED) is 0.410. The van der Waals surface area contributed by atoms with E-state index >= 15 is 0 Å². The average molecular weight is 433 g/mol. The topological polar surface area (TPSA) is 20.0 Å². The number of thioether (sulfide) groups is 1. The van der Waals surface area contributed by atoms with Crippen LogP contribution >= 0.6 is 11.8 Å². The molecular weight excluding hydrogens is 400 g/mol. The van der Waals surface area contributed by atoms with Crippen molar-refractivity contribution in [1.29, 1.82) is 0 Å². The molecule has 0 saturated heterocycles. The standard InChI is InChI=1S/C26H32N4S/c1-20-18-21(19-26-28(2)23-14-9-10-15-24(23)31-26)27-25(16-11-17-30(3,4)5)29(20)22-12-7-6-8-13-22/h6-10,12-15,18-19H,11,16-17H2,1-5H3/q+2. The number of benzene rings is 2. The van der Waals surface area contributed by atoms with Crippen molar-refractivity contribution in [2.75, 3.05) is 39.6 Å². The Labute approximate surface area is 190 Å². The maximum Gasteiger partial charge on any atom is 0.304 e. The number of aryl methyl sites for hydroxylation is 2. The summed E-state index contributed by atoms with van der Waals surface area (Å²) in [5.74, 6) is 1.12. The number of fused-ring (bicyclic) bond motifs is 1. The van der Waals surface area contributed by atoms with E-state index in [4.69, 9.17) is 4.98 Å². The summed E-state index contributed by atoms with van der Waals surface area (Å²) in [5.41, 5.74) is 4.66. The highest BCUT2D eigenvalue weighted by molar-refractivity contribution is 8.03. The van der Waals surface area contributed by atoms with Crippen molar-refractivity contribution in [2.45, 2.75) is 24.7 Å². The van der Waals surface area contributed by atoms with Crippen LogP contribution in [0.3, 0.4) is 0 Å². The normalized spacial score (nSPS) is 14.9. The van der Waals surface area contributed by atoms with Gasteiger partial charge in [-0.15, -0.1) is 0 Å². The minimum Gasteiger partial charge on any atom is -0.338 e. The van der Waals surface area contributed by atoms with E-state index in [1.807, 2.05) is 11.8 Å². The molecule has 0 spiro atoms. The van der Waals surface area contributed by atoms with E-state index in [1.54, 1.807) is 0 Å². The zero-order valence-electron chi connectivity index (χ0n) is 19.2. The summed E-state index contributed by atoms with van der Waals surface area (Å²) in [4.78, 5) is 8.68. The van der Waals surface area contributed by atoms with E-state index in [9.17, 15) is 0 Å². The van der Waals surface area contributed by atoms with Crippen molar-refractivity contribution < 1.29 is 9.05 Å². The minimum absolute atomic E-state index is 0.950. The van der Waals surface area contributed by atoms with Gasteiger partial charge in [0.05, 0.1) is 44.8 Å². The van der Waals surface area contributed by atoms with Gasteiger partial charge in [-0.3, -0.25) is 0 Å². The van der Waals surface area contributed by atoms with E-state index in [2.05, 4.69) is 111 Å². The largest absolute Gasteiger partial charge is 0.338 e. The predicted octanol–water partition coefficient (Wildman–Crippen LogP) is 4.85. The van der Waals surface area contributed by atoms with Gasteiger partial charge < -0.3 is 9.38 Å². The lowest BCUT2D eigenvalue weighted by molar-refractivity contribution is -0.870. The third-order valence-corrected chi connectivity index (χ3v) is 6.68. The van der Waals surface area contributed by atoms with Crippen molar-refractivity contribution in [3.63, 3.8) is 0 Å². The van der Waals surface area contributed by atoms with Crippen molar-refractivity contribution >= 4 is 23.5 Å². The Morgan fingerprint density at radius 2 is 1.74 bits per heavy atom. The molecule has 2 aromatic carbocycles. The van der Waals surface area contributed by atoms with Crippen molar-refractivity contribution in [3.05, 3.63) is 82.9 Å². The van der Waals surface area contributed by atoms with Crippen LogP contribution in [-0.2, 0) is 6.42 Å². The summed E-state index contributed by atoms with van der Waals surface area (Å²) in [6.45, 7) is 3.30. The third-order valence-electron chi connectivity index (χ3n) is 5.51. The van der Waals surface area contributed by atoms with Gasteiger partial charge in [0.25, 0.3) is 0 Å². The van der Waals surface area contributed by atoms with Crippen LogP contribution in [0.4, 0.5) is 5.69 Å². The molecule has 31 heavy (non-hydrogen) atoms. The van der Waals surface area contributed by atoms with Gasteiger partial charge in [0.1, 0.15) is 11.4 Å². The van der Waals surface area contributed by atoms with Crippen LogP contribution in [0, 0.1) is 6.92 Å².